The normalized spacial score (nSPS) is 11.5. The summed E-state index contributed by atoms with van der Waals surface area (Å²) in [6.07, 6.45) is -1.20. The van der Waals surface area contributed by atoms with E-state index in [1.165, 1.54) is 10.7 Å². The molecule has 1 aromatic heterocycles. The molecule has 0 atom stereocenters. The first-order valence-electron chi connectivity index (χ1n) is 10.4. The van der Waals surface area contributed by atoms with Gasteiger partial charge in [0.15, 0.2) is 0 Å². The van der Waals surface area contributed by atoms with Crippen LogP contribution in [0.5, 0.6) is 5.75 Å². The lowest BCUT2D eigenvalue weighted by Gasteiger charge is -2.19. The molecule has 0 saturated carbocycles. The van der Waals surface area contributed by atoms with Crippen molar-refractivity contribution in [2.75, 3.05) is 19.4 Å². The predicted octanol–water partition coefficient (Wildman–Crippen LogP) is 6.10. The minimum Gasteiger partial charge on any atom is -0.492 e. The molecule has 3 aromatic rings. The van der Waals surface area contributed by atoms with Crippen LogP contribution in [0.1, 0.15) is 32.9 Å². The summed E-state index contributed by atoms with van der Waals surface area (Å²) in [5, 5.41) is 6.74. The molecule has 0 unspecified atom stereocenters. The summed E-state index contributed by atoms with van der Waals surface area (Å²) < 4.78 is 39.0. The molecule has 9 heteroatoms. The number of amides is 1. The number of aromatic nitrogens is 2. The molecule has 0 fully saturated rings. The summed E-state index contributed by atoms with van der Waals surface area (Å²) in [6, 6.07) is 16.0. The van der Waals surface area contributed by atoms with Gasteiger partial charge in [-0.2, -0.15) is 5.10 Å². The molecule has 0 aliphatic heterocycles. The Labute approximate surface area is 196 Å². The van der Waals surface area contributed by atoms with Crippen molar-refractivity contribution < 1.29 is 23.0 Å². The van der Waals surface area contributed by atoms with E-state index in [1.807, 2.05) is 30.5 Å². The fraction of sp³-hybridized carbons (Fsp3) is 0.333. The first-order chi connectivity index (χ1) is 15.7. The minimum atomic E-state index is -2.67. The molecule has 2 aromatic carbocycles. The summed E-state index contributed by atoms with van der Waals surface area (Å²) in [7, 11) is 0. The Bertz CT molecular complexity index is 1060. The van der Waals surface area contributed by atoms with Gasteiger partial charge in [-0.05, 0) is 81.6 Å². The predicted molar refractivity (Wildman–Crippen MR) is 125 cm³/mol. The number of rotatable bonds is 8. The molecule has 0 bridgehead atoms. The Morgan fingerprint density at radius 3 is 2.36 bits per heavy atom. The maximum Gasteiger partial charge on any atom is 0.407 e. The van der Waals surface area contributed by atoms with E-state index in [0.29, 0.717) is 17.1 Å². The van der Waals surface area contributed by atoms with Crippen LogP contribution in [0.25, 0.3) is 16.9 Å². The lowest BCUT2D eigenvalue weighted by molar-refractivity contribution is 0.0520. The smallest absolute Gasteiger partial charge is 0.407 e. The third-order valence-corrected chi connectivity index (χ3v) is 5.20. The Balaban J connectivity index is 1.69. The second kappa shape index (κ2) is 10.7. The topological polar surface area (TPSA) is 65.4 Å². The zero-order chi connectivity index (χ0) is 24.0. The van der Waals surface area contributed by atoms with Crippen LogP contribution in [0, 0.1) is 0 Å². The zero-order valence-corrected chi connectivity index (χ0v) is 19.8. The number of hydrogen-bond acceptors (Lipinski definition) is 5. The molecule has 0 radical (unpaired) electrons. The lowest BCUT2D eigenvalue weighted by Crippen LogP contribution is -2.34. The Morgan fingerprint density at radius 1 is 1.12 bits per heavy atom. The van der Waals surface area contributed by atoms with Crippen molar-refractivity contribution in [1.82, 2.24) is 15.1 Å². The number of hydrogen-bond donors (Lipinski definition) is 1. The van der Waals surface area contributed by atoms with E-state index in [2.05, 4.69) is 10.4 Å². The molecule has 3 rings (SSSR count). The summed E-state index contributed by atoms with van der Waals surface area (Å²) in [5.41, 5.74) is 1.13. The Morgan fingerprint density at radius 2 is 1.79 bits per heavy atom. The highest BCUT2D eigenvalue weighted by Crippen LogP contribution is 2.30. The van der Waals surface area contributed by atoms with Crippen LogP contribution in [0.3, 0.4) is 0 Å². The summed E-state index contributed by atoms with van der Waals surface area (Å²) >= 11 is 1.60. The van der Waals surface area contributed by atoms with Gasteiger partial charge < -0.3 is 14.8 Å². The van der Waals surface area contributed by atoms with E-state index in [1.54, 1.807) is 56.8 Å². The van der Waals surface area contributed by atoms with Crippen LogP contribution in [0.2, 0.25) is 0 Å². The second-order valence-electron chi connectivity index (χ2n) is 8.17. The highest BCUT2D eigenvalue weighted by atomic mass is 32.2. The van der Waals surface area contributed by atoms with E-state index >= 15 is 0 Å². The second-order valence-corrected chi connectivity index (χ2v) is 9.05. The fourth-order valence-electron chi connectivity index (χ4n) is 2.99. The molecule has 0 spiro atoms. The average Bonchev–Trinajstić information content (AvgIpc) is 3.22. The van der Waals surface area contributed by atoms with Gasteiger partial charge in [0.1, 0.15) is 23.7 Å². The van der Waals surface area contributed by atoms with E-state index < -0.39 is 18.1 Å². The van der Waals surface area contributed by atoms with Gasteiger partial charge in [-0.1, -0.05) is 0 Å². The van der Waals surface area contributed by atoms with Gasteiger partial charge in [0, 0.05) is 10.5 Å². The number of alkyl halides is 2. The van der Waals surface area contributed by atoms with Crippen molar-refractivity contribution in [3.8, 4) is 22.7 Å². The molecule has 1 N–H and O–H groups in total. The third-order valence-electron chi connectivity index (χ3n) is 4.46. The zero-order valence-electron chi connectivity index (χ0n) is 19.0. The van der Waals surface area contributed by atoms with E-state index in [0.717, 1.165) is 10.5 Å². The average molecular weight is 476 g/mol. The van der Waals surface area contributed by atoms with Gasteiger partial charge in [-0.15, -0.1) is 11.8 Å². The van der Waals surface area contributed by atoms with Crippen LogP contribution in [-0.4, -0.2) is 40.9 Å². The number of benzene rings is 2. The molecular formula is C24H27F2N3O3S. The van der Waals surface area contributed by atoms with Gasteiger partial charge in [0.2, 0.25) is 0 Å². The third kappa shape index (κ3) is 6.95. The lowest BCUT2D eigenvalue weighted by atomic mass is 10.1. The number of thioether (sulfide) groups is 1. The highest BCUT2D eigenvalue weighted by molar-refractivity contribution is 7.98. The van der Waals surface area contributed by atoms with Crippen molar-refractivity contribution in [3.63, 3.8) is 0 Å². The number of nitrogens with one attached hydrogen (secondary N) is 1. The van der Waals surface area contributed by atoms with Gasteiger partial charge in [-0.25, -0.2) is 18.3 Å². The number of ether oxygens (including phenoxy) is 2. The SMILES string of the molecule is CSc1ccc(-n2nc(C(F)F)cc2-c2ccc(OCCNC(=O)OC(C)(C)C)cc2)cc1. The molecule has 0 aliphatic carbocycles. The van der Waals surface area contributed by atoms with E-state index in [4.69, 9.17) is 9.47 Å². The van der Waals surface area contributed by atoms with Crippen LogP contribution < -0.4 is 10.1 Å². The monoisotopic (exact) mass is 475 g/mol. The fourth-order valence-corrected chi connectivity index (χ4v) is 3.40. The van der Waals surface area contributed by atoms with E-state index in [9.17, 15) is 13.6 Å². The summed E-state index contributed by atoms with van der Waals surface area (Å²) in [4.78, 5) is 12.7. The number of carbonyl (C=O) groups is 1. The van der Waals surface area contributed by atoms with Crippen molar-refractivity contribution in [1.29, 1.82) is 0 Å². The first-order valence-corrected chi connectivity index (χ1v) is 11.6. The largest absolute Gasteiger partial charge is 0.492 e. The Kier molecular flexibility index (Phi) is 7.97. The summed E-state index contributed by atoms with van der Waals surface area (Å²) in [6.45, 7) is 5.92. The van der Waals surface area contributed by atoms with Crippen LogP contribution >= 0.6 is 11.8 Å². The Hall–Kier alpha value is -3.07. The molecule has 33 heavy (non-hydrogen) atoms. The van der Waals surface area contributed by atoms with Gasteiger partial charge in [0.05, 0.1) is 17.9 Å². The van der Waals surface area contributed by atoms with Crippen molar-refractivity contribution >= 4 is 17.9 Å². The van der Waals surface area contributed by atoms with Crippen LogP contribution in [0.15, 0.2) is 59.5 Å². The van der Waals surface area contributed by atoms with Crippen molar-refractivity contribution in [2.24, 2.45) is 0 Å². The maximum atomic E-state index is 13.4. The molecule has 1 amide bonds. The van der Waals surface area contributed by atoms with Crippen LogP contribution in [0.4, 0.5) is 13.6 Å². The maximum absolute atomic E-state index is 13.4. The molecule has 1 heterocycles. The number of alkyl carbamates (subject to hydrolysis) is 1. The van der Waals surface area contributed by atoms with Crippen LogP contribution in [-0.2, 0) is 4.74 Å². The van der Waals surface area contributed by atoms with Crippen molar-refractivity contribution in [2.45, 2.75) is 37.7 Å². The van der Waals surface area contributed by atoms with E-state index in [-0.39, 0.29) is 18.8 Å². The summed E-state index contributed by atoms with van der Waals surface area (Å²) in [5.74, 6) is 0.592. The highest BCUT2D eigenvalue weighted by Gasteiger charge is 2.18. The number of nitrogens with zero attached hydrogens (tertiary/aromatic N) is 2. The molecule has 176 valence electrons. The minimum absolute atomic E-state index is 0.258. The molecule has 6 nitrogen and oxygen atoms in total. The van der Waals surface area contributed by atoms with Gasteiger partial charge >= 0.3 is 6.09 Å². The number of halogens is 2. The van der Waals surface area contributed by atoms with Gasteiger partial charge in [0.25, 0.3) is 6.43 Å². The molecule has 0 saturated heterocycles. The van der Waals surface area contributed by atoms with Crippen molar-refractivity contribution in [3.05, 3.63) is 60.3 Å². The first kappa shape index (κ1) is 24.6. The van der Waals surface area contributed by atoms with Gasteiger partial charge in [-0.3, -0.25) is 0 Å². The molecule has 0 aliphatic rings. The standard InChI is InChI=1S/C24H27F2N3O3S/c1-24(2,3)32-23(30)27-13-14-31-18-9-5-16(6-10-18)21-15-20(22(25)26)28-29(21)17-7-11-19(33-4)12-8-17/h5-12,15,22H,13-14H2,1-4H3,(H,27,30). The number of carbonyl (C=O) groups excluding carboxylic acids is 1. The molecular weight excluding hydrogens is 448 g/mol. The quantitative estimate of drug-likeness (QED) is 0.315.